The number of hydrogen-bond donors (Lipinski definition) is 2. The van der Waals surface area contributed by atoms with Gasteiger partial charge in [-0.15, -0.1) is 0 Å². The van der Waals surface area contributed by atoms with Gasteiger partial charge in [-0.2, -0.15) is 0 Å². The fourth-order valence-electron chi connectivity index (χ4n) is 0.747. The molecule has 0 aliphatic rings. The summed E-state index contributed by atoms with van der Waals surface area (Å²) in [5, 5.41) is 8.45. The topological polar surface area (TPSA) is 63.3 Å². The van der Waals surface area contributed by atoms with E-state index in [2.05, 4.69) is 14.8 Å². The maximum atomic E-state index is 10.3. The van der Waals surface area contributed by atoms with Gasteiger partial charge in [-0.05, 0) is 0 Å². The van der Waals surface area contributed by atoms with Crippen LogP contribution in [-0.2, 0) is 4.79 Å². The summed E-state index contributed by atoms with van der Waals surface area (Å²) in [6.45, 7) is 0. The Kier molecular flexibility index (Phi) is 3.65. The van der Waals surface area contributed by atoms with Gasteiger partial charge in [0, 0.05) is 0 Å². The summed E-state index contributed by atoms with van der Waals surface area (Å²) >= 11 is -1.95. The predicted molar refractivity (Wildman–Crippen MR) is 43.8 cm³/mol. The number of carboxylic acid groups (broad SMARTS) is 1. The Morgan fingerprint density at radius 2 is 2.00 bits per heavy atom. The minimum absolute atomic E-state index is 0.629. The molecule has 3 N–H and O–H groups in total. The van der Waals surface area contributed by atoms with Crippen LogP contribution in [0.3, 0.4) is 0 Å². The second-order valence-electron chi connectivity index (χ2n) is 3.71. The minimum atomic E-state index is -1.95. The van der Waals surface area contributed by atoms with Gasteiger partial charge in [-0.1, -0.05) is 0 Å². The van der Waals surface area contributed by atoms with E-state index in [1.165, 1.54) is 0 Å². The molecule has 0 aromatic rings. The number of rotatable bonds is 3. The second kappa shape index (κ2) is 3.57. The van der Waals surface area contributed by atoms with Crippen molar-refractivity contribution < 1.29 is 9.90 Å². The monoisotopic (exact) mass is 253 g/mol. The number of aliphatic carboxylic acids is 1. The second-order valence-corrected chi connectivity index (χ2v) is 19.5. The molecule has 0 saturated heterocycles. The van der Waals surface area contributed by atoms with Gasteiger partial charge < -0.3 is 0 Å². The molecule has 0 spiro atoms. The van der Waals surface area contributed by atoms with Crippen molar-refractivity contribution in [1.82, 2.24) is 0 Å². The molecular weight excluding hydrogens is 237 g/mol. The van der Waals surface area contributed by atoms with Gasteiger partial charge in [0.2, 0.25) is 0 Å². The SMILES string of the molecule is [CH3][Sn]([CH3])([CH3])[CH2][C@H](N)C(=O)O. The van der Waals surface area contributed by atoms with Crippen LogP contribution in [0.1, 0.15) is 0 Å². The summed E-state index contributed by atoms with van der Waals surface area (Å²) in [7, 11) is 0. The van der Waals surface area contributed by atoms with Gasteiger partial charge >= 0.3 is 65.3 Å². The van der Waals surface area contributed by atoms with Gasteiger partial charge in [-0.25, -0.2) is 0 Å². The van der Waals surface area contributed by atoms with Crippen molar-refractivity contribution in [3.8, 4) is 0 Å². The zero-order valence-electron chi connectivity index (χ0n) is 6.72. The van der Waals surface area contributed by atoms with Gasteiger partial charge in [0.1, 0.15) is 0 Å². The van der Waals surface area contributed by atoms with E-state index in [4.69, 9.17) is 10.8 Å². The third kappa shape index (κ3) is 5.05. The molecule has 0 amide bonds. The van der Waals surface area contributed by atoms with Crippen LogP contribution in [0.25, 0.3) is 0 Å². The quantitative estimate of drug-likeness (QED) is 0.728. The molecule has 0 heterocycles. The summed E-state index contributed by atoms with van der Waals surface area (Å²) in [6.07, 6.45) is 0. The average molecular weight is 252 g/mol. The molecule has 0 saturated carbocycles. The summed E-state index contributed by atoms with van der Waals surface area (Å²) in [5.41, 5.74) is 5.36. The molecule has 4 heteroatoms. The molecular formula is C6H15NO2Sn. The first kappa shape index (κ1) is 10.2. The molecule has 0 bridgehead atoms. The molecule has 60 valence electrons. The Bertz CT molecular complexity index is 130. The third-order valence-electron chi connectivity index (χ3n) is 1.15. The van der Waals surface area contributed by atoms with Gasteiger partial charge in [0.15, 0.2) is 0 Å². The Morgan fingerprint density at radius 3 is 2.10 bits per heavy atom. The molecule has 0 aromatic carbocycles. The first-order valence-corrected chi connectivity index (χ1v) is 13.9. The van der Waals surface area contributed by atoms with E-state index >= 15 is 0 Å². The van der Waals surface area contributed by atoms with Gasteiger partial charge in [0.05, 0.1) is 0 Å². The fourth-order valence-corrected chi connectivity index (χ4v) is 5.01. The molecule has 0 aliphatic heterocycles. The molecule has 0 unspecified atom stereocenters. The summed E-state index contributed by atoms with van der Waals surface area (Å²) in [6, 6.07) is -0.629. The van der Waals surface area contributed by atoms with Crippen molar-refractivity contribution in [2.75, 3.05) is 0 Å². The summed E-state index contributed by atoms with van der Waals surface area (Å²) < 4.78 is 0.726. The molecule has 0 rings (SSSR count). The van der Waals surface area contributed by atoms with E-state index < -0.39 is 30.4 Å². The molecule has 0 aliphatic carbocycles. The number of carbonyl (C=O) groups is 1. The van der Waals surface area contributed by atoms with Crippen LogP contribution in [0.2, 0.25) is 19.3 Å². The van der Waals surface area contributed by atoms with E-state index in [0.717, 1.165) is 4.44 Å². The first-order valence-electron chi connectivity index (χ1n) is 3.31. The summed E-state index contributed by atoms with van der Waals surface area (Å²) in [5.74, 6) is -0.869. The van der Waals surface area contributed by atoms with Gasteiger partial charge in [0.25, 0.3) is 0 Å². The summed E-state index contributed by atoms with van der Waals surface area (Å²) in [4.78, 5) is 16.8. The maximum absolute atomic E-state index is 10.3. The van der Waals surface area contributed by atoms with Crippen LogP contribution in [0.5, 0.6) is 0 Å². The Hall–Kier alpha value is 0.229. The van der Waals surface area contributed by atoms with Crippen LogP contribution >= 0.6 is 0 Å². The van der Waals surface area contributed by atoms with E-state index in [0.29, 0.717) is 0 Å². The Balaban J connectivity index is 3.80. The third-order valence-corrected chi connectivity index (χ3v) is 5.90. The van der Waals surface area contributed by atoms with Crippen molar-refractivity contribution >= 4 is 24.3 Å². The normalized spacial score (nSPS) is 14.8. The molecule has 3 nitrogen and oxygen atoms in total. The van der Waals surface area contributed by atoms with Crippen molar-refractivity contribution in [3.63, 3.8) is 0 Å². The van der Waals surface area contributed by atoms with Crippen molar-refractivity contribution in [3.05, 3.63) is 0 Å². The van der Waals surface area contributed by atoms with Crippen LogP contribution in [0.4, 0.5) is 0 Å². The van der Waals surface area contributed by atoms with E-state index in [9.17, 15) is 4.79 Å². The zero-order valence-corrected chi connectivity index (χ0v) is 9.57. The van der Waals surface area contributed by atoms with E-state index in [1.807, 2.05) is 0 Å². The fraction of sp³-hybridized carbons (Fsp3) is 0.833. The van der Waals surface area contributed by atoms with Crippen molar-refractivity contribution in [1.29, 1.82) is 0 Å². The average Bonchev–Trinajstić information content (AvgIpc) is 1.60. The standard InChI is InChI=1S/C3H6NO2.3CH3.Sn/c1-2(4)3(5)6;;;;/h2H,1,4H2,(H,5,6);3*1H3;/t2-;;;;/m0..../s1. The Labute approximate surface area is 65.5 Å². The van der Waals surface area contributed by atoms with Crippen molar-refractivity contribution in [2.45, 2.75) is 25.3 Å². The molecule has 0 radical (unpaired) electrons. The molecule has 1 atom stereocenters. The Morgan fingerprint density at radius 1 is 1.60 bits per heavy atom. The number of nitrogens with two attached hydrogens (primary N) is 1. The van der Waals surface area contributed by atoms with E-state index in [1.54, 1.807) is 0 Å². The molecule has 0 fully saturated rings. The van der Waals surface area contributed by atoms with Crippen LogP contribution in [0.15, 0.2) is 0 Å². The number of hydrogen-bond acceptors (Lipinski definition) is 2. The number of carboxylic acids is 1. The van der Waals surface area contributed by atoms with Crippen molar-refractivity contribution in [2.24, 2.45) is 5.73 Å². The molecule has 0 aromatic heterocycles. The predicted octanol–water partition coefficient (Wildman–Crippen LogP) is 0.736. The van der Waals surface area contributed by atoms with E-state index in [-0.39, 0.29) is 0 Å². The van der Waals surface area contributed by atoms with Crippen LogP contribution < -0.4 is 5.73 Å². The first-order chi connectivity index (χ1) is 4.33. The molecule has 10 heavy (non-hydrogen) atoms. The van der Waals surface area contributed by atoms with Crippen LogP contribution in [0, 0.1) is 0 Å². The zero-order chi connectivity index (χ0) is 8.36. The van der Waals surface area contributed by atoms with Crippen LogP contribution in [-0.4, -0.2) is 35.5 Å². The van der Waals surface area contributed by atoms with Gasteiger partial charge in [-0.3, -0.25) is 0 Å².